The predicted molar refractivity (Wildman–Crippen MR) is 52.1 cm³/mol. The Morgan fingerprint density at radius 3 is 2.83 bits per heavy atom. The number of aromatic nitrogens is 1. The molecular weight excluding hydrogens is 148 g/mol. The van der Waals surface area contributed by atoms with Crippen LogP contribution < -0.4 is 5.73 Å². The van der Waals surface area contributed by atoms with Gasteiger partial charge in [0, 0.05) is 5.69 Å². The van der Waals surface area contributed by atoms with Gasteiger partial charge in [-0.1, -0.05) is 13.8 Å². The third-order valence-corrected chi connectivity index (χ3v) is 2.29. The summed E-state index contributed by atoms with van der Waals surface area (Å²) in [4.78, 5) is 4.22. The van der Waals surface area contributed by atoms with Crippen molar-refractivity contribution < 1.29 is 0 Å². The number of hydrogen-bond acceptors (Lipinski definition) is 2. The zero-order valence-corrected chi connectivity index (χ0v) is 7.96. The first-order valence-electron chi connectivity index (χ1n) is 4.37. The molecule has 1 aromatic heterocycles. The van der Waals surface area contributed by atoms with Gasteiger partial charge in [-0.2, -0.15) is 0 Å². The Kier molecular flexibility index (Phi) is 2.69. The maximum Gasteiger partial charge on any atom is 0.0503 e. The molecule has 0 aromatic carbocycles. The van der Waals surface area contributed by atoms with Crippen LogP contribution in [0.15, 0.2) is 12.3 Å². The second kappa shape index (κ2) is 3.57. The van der Waals surface area contributed by atoms with Crippen LogP contribution in [0.25, 0.3) is 0 Å². The van der Waals surface area contributed by atoms with Crippen molar-refractivity contribution >= 4 is 5.69 Å². The van der Waals surface area contributed by atoms with Gasteiger partial charge in [-0.15, -0.1) is 0 Å². The number of aryl methyl sites for hydroxylation is 1. The molecule has 0 fully saturated rings. The minimum absolute atomic E-state index is 0.556. The molecule has 0 saturated carbocycles. The van der Waals surface area contributed by atoms with Crippen molar-refractivity contribution in [3.05, 3.63) is 23.5 Å². The fraction of sp³-hybridized carbons (Fsp3) is 0.500. The summed E-state index contributed by atoms with van der Waals surface area (Å²) in [5.74, 6) is 0.556. The molecule has 12 heavy (non-hydrogen) atoms. The van der Waals surface area contributed by atoms with Crippen LogP contribution in [0, 0.1) is 6.92 Å². The summed E-state index contributed by atoms with van der Waals surface area (Å²) in [6.45, 7) is 6.40. The molecule has 1 atom stereocenters. The minimum Gasteiger partial charge on any atom is -0.397 e. The molecule has 0 radical (unpaired) electrons. The lowest BCUT2D eigenvalue weighted by atomic mass is 9.97. The highest BCUT2D eigenvalue weighted by Gasteiger charge is 2.06. The Balaban J connectivity index is 3.04. The van der Waals surface area contributed by atoms with Gasteiger partial charge in [0.25, 0.3) is 0 Å². The summed E-state index contributed by atoms with van der Waals surface area (Å²) in [6, 6.07) is 2.02. The summed E-state index contributed by atoms with van der Waals surface area (Å²) in [7, 11) is 0. The summed E-state index contributed by atoms with van der Waals surface area (Å²) in [5, 5.41) is 0. The van der Waals surface area contributed by atoms with Crippen molar-refractivity contribution in [2.45, 2.75) is 33.1 Å². The van der Waals surface area contributed by atoms with E-state index < -0.39 is 0 Å². The molecule has 0 spiro atoms. The summed E-state index contributed by atoms with van der Waals surface area (Å²) < 4.78 is 0. The van der Waals surface area contributed by atoms with Crippen LogP contribution in [0.4, 0.5) is 5.69 Å². The molecule has 0 aliphatic heterocycles. The van der Waals surface area contributed by atoms with E-state index in [4.69, 9.17) is 5.73 Å². The van der Waals surface area contributed by atoms with Crippen LogP contribution >= 0.6 is 0 Å². The molecule has 66 valence electrons. The van der Waals surface area contributed by atoms with Gasteiger partial charge < -0.3 is 5.73 Å². The summed E-state index contributed by atoms with van der Waals surface area (Å²) >= 11 is 0. The molecule has 1 rings (SSSR count). The quantitative estimate of drug-likeness (QED) is 0.729. The molecule has 2 nitrogen and oxygen atoms in total. The molecule has 0 amide bonds. The lowest BCUT2D eigenvalue weighted by Gasteiger charge is -2.11. The number of pyridine rings is 1. The first-order chi connectivity index (χ1) is 5.65. The zero-order chi connectivity index (χ0) is 9.14. The SMILES string of the molecule is CCC(C)c1cc(N)cnc1C. The maximum absolute atomic E-state index is 5.66. The molecular formula is C10H16N2. The van der Waals surface area contributed by atoms with Crippen LogP contribution in [0.3, 0.4) is 0 Å². The first-order valence-corrected chi connectivity index (χ1v) is 4.37. The van der Waals surface area contributed by atoms with E-state index in [0.717, 1.165) is 17.8 Å². The normalized spacial score (nSPS) is 12.9. The lowest BCUT2D eigenvalue weighted by molar-refractivity contribution is 0.723. The van der Waals surface area contributed by atoms with Crippen molar-refractivity contribution in [3.8, 4) is 0 Å². The van der Waals surface area contributed by atoms with E-state index in [1.54, 1.807) is 6.20 Å². The van der Waals surface area contributed by atoms with Crippen molar-refractivity contribution in [2.75, 3.05) is 5.73 Å². The Morgan fingerprint density at radius 2 is 2.25 bits per heavy atom. The average Bonchev–Trinajstić information content (AvgIpc) is 2.08. The van der Waals surface area contributed by atoms with Crippen molar-refractivity contribution in [1.82, 2.24) is 4.98 Å². The van der Waals surface area contributed by atoms with Crippen LogP contribution in [-0.4, -0.2) is 4.98 Å². The number of hydrogen-bond donors (Lipinski definition) is 1. The highest BCUT2D eigenvalue weighted by molar-refractivity contribution is 5.41. The number of nitrogen functional groups attached to an aromatic ring is 1. The molecule has 0 saturated heterocycles. The largest absolute Gasteiger partial charge is 0.397 e. The topological polar surface area (TPSA) is 38.9 Å². The fourth-order valence-corrected chi connectivity index (χ4v) is 1.29. The van der Waals surface area contributed by atoms with Crippen LogP contribution in [0.1, 0.15) is 37.4 Å². The van der Waals surface area contributed by atoms with Crippen LogP contribution in [0.2, 0.25) is 0 Å². The zero-order valence-electron chi connectivity index (χ0n) is 7.96. The maximum atomic E-state index is 5.66. The summed E-state index contributed by atoms with van der Waals surface area (Å²) in [6.07, 6.45) is 2.84. The van der Waals surface area contributed by atoms with Crippen molar-refractivity contribution in [2.24, 2.45) is 0 Å². The van der Waals surface area contributed by atoms with E-state index in [1.807, 2.05) is 13.0 Å². The van der Waals surface area contributed by atoms with Crippen LogP contribution in [0.5, 0.6) is 0 Å². The molecule has 1 heterocycles. The van der Waals surface area contributed by atoms with Crippen LogP contribution in [-0.2, 0) is 0 Å². The summed E-state index contributed by atoms with van der Waals surface area (Å²) in [5.41, 5.74) is 8.79. The highest BCUT2D eigenvalue weighted by Crippen LogP contribution is 2.22. The molecule has 1 unspecified atom stereocenters. The number of nitrogens with two attached hydrogens (primary N) is 1. The predicted octanol–water partition coefficient (Wildman–Crippen LogP) is 2.49. The second-order valence-corrected chi connectivity index (χ2v) is 3.25. The smallest absolute Gasteiger partial charge is 0.0503 e. The van der Waals surface area contributed by atoms with Gasteiger partial charge >= 0.3 is 0 Å². The van der Waals surface area contributed by atoms with E-state index in [9.17, 15) is 0 Å². The number of nitrogens with zero attached hydrogens (tertiary/aromatic N) is 1. The molecule has 0 aliphatic rings. The molecule has 2 N–H and O–H groups in total. The Bertz CT molecular complexity index is 269. The van der Waals surface area contributed by atoms with Gasteiger partial charge in [-0.3, -0.25) is 4.98 Å². The van der Waals surface area contributed by atoms with Gasteiger partial charge in [0.2, 0.25) is 0 Å². The van der Waals surface area contributed by atoms with Crippen molar-refractivity contribution in [1.29, 1.82) is 0 Å². The second-order valence-electron chi connectivity index (χ2n) is 3.25. The standard InChI is InChI=1S/C10H16N2/c1-4-7(2)10-5-9(11)6-12-8(10)3/h5-7H,4,11H2,1-3H3. The van der Waals surface area contributed by atoms with E-state index in [0.29, 0.717) is 5.92 Å². The number of anilines is 1. The van der Waals surface area contributed by atoms with E-state index >= 15 is 0 Å². The van der Waals surface area contributed by atoms with Gasteiger partial charge in [-0.25, -0.2) is 0 Å². The van der Waals surface area contributed by atoms with E-state index in [2.05, 4.69) is 18.8 Å². The third kappa shape index (κ3) is 1.76. The highest BCUT2D eigenvalue weighted by atomic mass is 14.7. The molecule has 0 bridgehead atoms. The van der Waals surface area contributed by atoms with E-state index in [1.165, 1.54) is 5.56 Å². The monoisotopic (exact) mass is 164 g/mol. The molecule has 2 heteroatoms. The Morgan fingerprint density at radius 1 is 1.58 bits per heavy atom. The fourth-order valence-electron chi connectivity index (χ4n) is 1.29. The first kappa shape index (κ1) is 9.04. The van der Waals surface area contributed by atoms with Gasteiger partial charge in [0.15, 0.2) is 0 Å². The van der Waals surface area contributed by atoms with Gasteiger partial charge in [0.05, 0.1) is 11.9 Å². The van der Waals surface area contributed by atoms with E-state index in [-0.39, 0.29) is 0 Å². The number of rotatable bonds is 2. The Hall–Kier alpha value is -1.05. The van der Waals surface area contributed by atoms with Crippen molar-refractivity contribution in [3.63, 3.8) is 0 Å². The Labute approximate surface area is 73.8 Å². The van der Waals surface area contributed by atoms with Gasteiger partial charge in [0.1, 0.15) is 0 Å². The molecule has 0 aliphatic carbocycles. The third-order valence-electron chi connectivity index (χ3n) is 2.29. The lowest BCUT2D eigenvalue weighted by Crippen LogP contribution is -1.99. The average molecular weight is 164 g/mol. The minimum atomic E-state index is 0.556. The molecule has 1 aromatic rings. The van der Waals surface area contributed by atoms with Gasteiger partial charge in [-0.05, 0) is 30.9 Å².